The Bertz CT molecular complexity index is 361. The summed E-state index contributed by atoms with van der Waals surface area (Å²) in [6.07, 6.45) is 2.93. The van der Waals surface area contributed by atoms with E-state index >= 15 is 0 Å². The number of thioether (sulfide) groups is 1. The summed E-state index contributed by atoms with van der Waals surface area (Å²) in [5.74, 6) is 1.84. The second-order valence-corrected chi connectivity index (χ2v) is 5.25. The van der Waals surface area contributed by atoms with E-state index in [1.165, 1.54) is 0 Å². The molecule has 0 aliphatic carbocycles. The van der Waals surface area contributed by atoms with Gasteiger partial charge in [0, 0.05) is 31.5 Å². The van der Waals surface area contributed by atoms with Crippen molar-refractivity contribution in [2.24, 2.45) is 0 Å². The van der Waals surface area contributed by atoms with Gasteiger partial charge in [-0.1, -0.05) is 18.5 Å². The Hall–Kier alpha value is -0.320. The highest BCUT2D eigenvalue weighted by atomic mass is 35.5. The van der Waals surface area contributed by atoms with Crippen LogP contribution in [0.1, 0.15) is 31.2 Å². The van der Waals surface area contributed by atoms with Crippen molar-refractivity contribution in [2.45, 2.75) is 38.1 Å². The van der Waals surface area contributed by atoms with Crippen LogP contribution >= 0.6 is 23.4 Å². The molecule has 0 aliphatic heterocycles. The third-order valence-corrected chi connectivity index (χ3v) is 3.82. The SMILES string of the molecule is CCCc1nc(Cl)c(C)c(SCCCOC)n1. The first-order valence-electron chi connectivity index (χ1n) is 5.83. The maximum atomic E-state index is 6.11. The summed E-state index contributed by atoms with van der Waals surface area (Å²) in [4.78, 5) is 8.83. The van der Waals surface area contributed by atoms with Crippen LogP contribution in [0.3, 0.4) is 0 Å². The molecule has 0 atom stereocenters. The van der Waals surface area contributed by atoms with Crippen molar-refractivity contribution < 1.29 is 4.74 Å². The first-order valence-corrected chi connectivity index (χ1v) is 7.20. The van der Waals surface area contributed by atoms with Gasteiger partial charge in [-0.3, -0.25) is 0 Å². The monoisotopic (exact) mass is 274 g/mol. The average molecular weight is 275 g/mol. The van der Waals surface area contributed by atoms with Gasteiger partial charge in [-0.15, -0.1) is 11.8 Å². The van der Waals surface area contributed by atoms with E-state index in [4.69, 9.17) is 16.3 Å². The van der Waals surface area contributed by atoms with Crippen LogP contribution < -0.4 is 0 Å². The lowest BCUT2D eigenvalue weighted by Crippen LogP contribution is -2.00. The van der Waals surface area contributed by atoms with Crippen molar-refractivity contribution in [2.75, 3.05) is 19.5 Å². The second kappa shape index (κ2) is 7.90. The fourth-order valence-corrected chi connectivity index (χ4v) is 2.54. The van der Waals surface area contributed by atoms with Crippen molar-refractivity contribution >= 4 is 23.4 Å². The van der Waals surface area contributed by atoms with Crippen LogP contribution in [0.4, 0.5) is 0 Å². The van der Waals surface area contributed by atoms with Crippen LogP contribution in [-0.4, -0.2) is 29.4 Å². The molecule has 0 saturated carbocycles. The third kappa shape index (κ3) is 4.82. The van der Waals surface area contributed by atoms with Gasteiger partial charge in [0.1, 0.15) is 16.0 Å². The predicted molar refractivity (Wildman–Crippen MR) is 73.0 cm³/mol. The quantitative estimate of drug-likeness (QED) is 0.433. The number of hydrogen-bond acceptors (Lipinski definition) is 4. The van der Waals surface area contributed by atoms with Gasteiger partial charge in [0.25, 0.3) is 0 Å². The van der Waals surface area contributed by atoms with Gasteiger partial charge in [0.2, 0.25) is 0 Å². The molecule has 1 heterocycles. The summed E-state index contributed by atoms with van der Waals surface area (Å²) in [6.45, 7) is 4.87. The summed E-state index contributed by atoms with van der Waals surface area (Å²) in [5, 5.41) is 1.59. The zero-order valence-corrected chi connectivity index (χ0v) is 12.2. The fraction of sp³-hybridized carbons (Fsp3) is 0.667. The number of hydrogen-bond donors (Lipinski definition) is 0. The van der Waals surface area contributed by atoms with Crippen molar-refractivity contribution in [3.05, 3.63) is 16.5 Å². The lowest BCUT2D eigenvalue weighted by atomic mass is 10.3. The van der Waals surface area contributed by atoms with E-state index in [0.29, 0.717) is 5.15 Å². The van der Waals surface area contributed by atoms with Gasteiger partial charge in [0.15, 0.2) is 0 Å². The van der Waals surface area contributed by atoms with Crippen molar-refractivity contribution in [1.82, 2.24) is 9.97 Å². The molecular formula is C12H19ClN2OS. The maximum absolute atomic E-state index is 6.11. The van der Waals surface area contributed by atoms with Crippen molar-refractivity contribution in [3.63, 3.8) is 0 Å². The molecule has 0 aromatic carbocycles. The van der Waals surface area contributed by atoms with E-state index in [1.54, 1.807) is 18.9 Å². The minimum atomic E-state index is 0.581. The largest absolute Gasteiger partial charge is 0.385 e. The van der Waals surface area contributed by atoms with Crippen LogP contribution in [0.2, 0.25) is 5.15 Å². The van der Waals surface area contributed by atoms with Gasteiger partial charge in [0.05, 0.1) is 0 Å². The second-order valence-electron chi connectivity index (χ2n) is 3.81. The van der Waals surface area contributed by atoms with E-state index < -0.39 is 0 Å². The molecule has 96 valence electrons. The van der Waals surface area contributed by atoms with Crippen LogP contribution in [0, 0.1) is 6.92 Å². The Labute approximate surface area is 112 Å². The van der Waals surface area contributed by atoms with E-state index in [2.05, 4.69) is 16.9 Å². The van der Waals surface area contributed by atoms with E-state index in [0.717, 1.165) is 48.0 Å². The molecule has 0 bridgehead atoms. The van der Waals surface area contributed by atoms with Crippen LogP contribution in [0.25, 0.3) is 0 Å². The minimum absolute atomic E-state index is 0.581. The number of halogens is 1. The van der Waals surface area contributed by atoms with E-state index in [-0.39, 0.29) is 0 Å². The molecule has 0 amide bonds. The van der Waals surface area contributed by atoms with Crippen molar-refractivity contribution in [3.8, 4) is 0 Å². The molecular weight excluding hydrogens is 256 g/mol. The molecule has 17 heavy (non-hydrogen) atoms. The molecule has 1 aromatic rings. The summed E-state index contributed by atoms with van der Waals surface area (Å²) in [5.41, 5.74) is 0.980. The summed E-state index contributed by atoms with van der Waals surface area (Å²) >= 11 is 7.83. The van der Waals surface area contributed by atoms with Crippen LogP contribution in [0.5, 0.6) is 0 Å². The predicted octanol–water partition coefficient (Wildman–Crippen LogP) is 3.52. The van der Waals surface area contributed by atoms with Crippen LogP contribution in [0.15, 0.2) is 5.03 Å². The lowest BCUT2D eigenvalue weighted by molar-refractivity contribution is 0.200. The first kappa shape index (κ1) is 14.7. The molecule has 0 N–H and O–H groups in total. The molecule has 3 nitrogen and oxygen atoms in total. The lowest BCUT2D eigenvalue weighted by Gasteiger charge is -2.08. The highest BCUT2D eigenvalue weighted by Crippen LogP contribution is 2.25. The molecule has 0 aliphatic rings. The van der Waals surface area contributed by atoms with Gasteiger partial charge in [-0.25, -0.2) is 9.97 Å². The third-order valence-electron chi connectivity index (χ3n) is 2.29. The van der Waals surface area contributed by atoms with Gasteiger partial charge in [-0.05, 0) is 19.8 Å². The zero-order chi connectivity index (χ0) is 12.7. The Kier molecular flexibility index (Phi) is 6.85. The topological polar surface area (TPSA) is 35.0 Å². The zero-order valence-electron chi connectivity index (χ0n) is 10.6. The molecule has 0 fully saturated rings. The Morgan fingerprint density at radius 3 is 2.76 bits per heavy atom. The molecule has 0 spiro atoms. The summed E-state index contributed by atoms with van der Waals surface area (Å²) in [7, 11) is 1.72. The Morgan fingerprint density at radius 1 is 1.35 bits per heavy atom. The molecule has 5 heteroatoms. The van der Waals surface area contributed by atoms with E-state index in [1.807, 2.05) is 6.92 Å². The van der Waals surface area contributed by atoms with E-state index in [9.17, 15) is 0 Å². The number of aromatic nitrogens is 2. The minimum Gasteiger partial charge on any atom is -0.385 e. The average Bonchev–Trinajstić information content (AvgIpc) is 2.31. The number of aryl methyl sites for hydroxylation is 1. The summed E-state index contributed by atoms with van der Waals surface area (Å²) < 4.78 is 5.02. The molecule has 0 saturated heterocycles. The highest BCUT2D eigenvalue weighted by molar-refractivity contribution is 7.99. The Balaban J connectivity index is 2.68. The first-order chi connectivity index (χ1) is 8.19. The van der Waals surface area contributed by atoms with Crippen LogP contribution in [-0.2, 0) is 11.2 Å². The highest BCUT2D eigenvalue weighted by Gasteiger charge is 2.09. The van der Waals surface area contributed by atoms with Gasteiger partial charge < -0.3 is 4.74 Å². The molecule has 0 unspecified atom stereocenters. The number of rotatable bonds is 7. The summed E-state index contributed by atoms with van der Waals surface area (Å²) in [6, 6.07) is 0. The standard InChI is InChI=1S/C12H19ClN2OS/c1-4-6-10-14-11(13)9(2)12(15-10)17-8-5-7-16-3/h4-8H2,1-3H3. The number of ether oxygens (including phenoxy) is 1. The Morgan fingerprint density at radius 2 is 2.12 bits per heavy atom. The smallest absolute Gasteiger partial charge is 0.136 e. The number of nitrogens with zero attached hydrogens (tertiary/aromatic N) is 2. The van der Waals surface area contributed by atoms with Crippen molar-refractivity contribution in [1.29, 1.82) is 0 Å². The molecule has 0 radical (unpaired) electrons. The fourth-order valence-electron chi connectivity index (χ4n) is 1.36. The normalized spacial score (nSPS) is 10.8. The van der Waals surface area contributed by atoms with Gasteiger partial charge >= 0.3 is 0 Å². The number of methoxy groups -OCH3 is 1. The maximum Gasteiger partial charge on any atom is 0.136 e. The molecule has 1 aromatic heterocycles. The van der Waals surface area contributed by atoms with Gasteiger partial charge in [-0.2, -0.15) is 0 Å². The molecule has 1 rings (SSSR count).